The SMILES string of the molecule is O=C1CCC(Nc2ccc(N3CC(CO[C@H]4CCN(CC5CCC(n6cc(NC(=O)c7cnn8ccc(N9C[C@H]%10C[C@@H]9CO%10)nc78)c(C(F)F)n6)CC5)C[C@@H]4F)C3)cc2)C(=O)N1. The van der Waals surface area contributed by atoms with Crippen LogP contribution in [0.25, 0.3) is 5.65 Å². The molecule has 1 aliphatic carbocycles. The number of benzene rings is 1. The van der Waals surface area contributed by atoms with Gasteiger partial charge in [-0.2, -0.15) is 10.2 Å². The smallest absolute Gasteiger partial charge is 0.284 e. The number of rotatable bonds is 13. The Morgan fingerprint density at radius 3 is 2.53 bits per heavy atom. The number of halogens is 3. The second-order valence-corrected chi connectivity index (χ2v) is 17.8. The van der Waals surface area contributed by atoms with E-state index in [1.54, 1.807) is 10.9 Å². The van der Waals surface area contributed by atoms with Crippen LogP contribution >= 0.6 is 0 Å². The molecule has 4 aromatic rings. The molecule has 62 heavy (non-hydrogen) atoms. The van der Waals surface area contributed by atoms with Crippen molar-refractivity contribution in [3.63, 3.8) is 0 Å². The molecule has 3 aromatic heterocycles. The fourth-order valence-electron chi connectivity index (χ4n) is 10.1. The number of hydrogen-bond acceptors (Lipinski definition) is 12. The molecule has 10 rings (SSSR count). The van der Waals surface area contributed by atoms with Gasteiger partial charge in [-0.05, 0) is 81.2 Å². The lowest BCUT2D eigenvalue weighted by Crippen LogP contribution is -2.51. The molecule has 3 amide bonds. The Labute approximate surface area is 356 Å². The van der Waals surface area contributed by atoms with Gasteiger partial charge in [-0.15, -0.1) is 0 Å². The number of nitrogens with zero attached hydrogens (tertiary/aromatic N) is 8. The van der Waals surface area contributed by atoms with E-state index in [0.29, 0.717) is 56.5 Å². The number of nitrogens with one attached hydrogen (secondary N) is 3. The number of hydrogen-bond donors (Lipinski definition) is 3. The molecule has 2 bridgehead atoms. The van der Waals surface area contributed by atoms with Crippen molar-refractivity contribution in [2.45, 2.75) is 94.3 Å². The number of anilines is 4. The molecule has 5 aliphatic heterocycles. The summed E-state index contributed by atoms with van der Waals surface area (Å²) in [5.41, 5.74) is 1.92. The lowest BCUT2D eigenvalue weighted by Gasteiger charge is -2.42. The molecule has 1 saturated carbocycles. The molecule has 1 unspecified atom stereocenters. The first-order valence-corrected chi connectivity index (χ1v) is 21.9. The number of carbonyl (C=O) groups excluding carboxylic acids is 3. The highest BCUT2D eigenvalue weighted by Gasteiger charge is 2.40. The maximum Gasteiger partial charge on any atom is 0.284 e. The van der Waals surface area contributed by atoms with E-state index in [1.807, 2.05) is 30.3 Å². The molecule has 16 nitrogen and oxygen atoms in total. The van der Waals surface area contributed by atoms with Crippen molar-refractivity contribution in [1.29, 1.82) is 0 Å². The van der Waals surface area contributed by atoms with Crippen LogP contribution in [0.3, 0.4) is 0 Å². The highest BCUT2D eigenvalue weighted by atomic mass is 19.3. The molecule has 330 valence electrons. The van der Waals surface area contributed by atoms with E-state index < -0.39 is 36.3 Å². The van der Waals surface area contributed by atoms with Crippen LogP contribution in [0.2, 0.25) is 0 Å². The zero-order chi connectivity index (χ0) is 42.5. The Kier molecular flexibility index (Phi) is 11.3. The Bertz CT molecular complexity index is 2280. The number of alkyl halides is 3. The van der Waals surface area contributed by atoms with E-state index in [1.165, 1.54) is 16.9 Å². The number of fused-ring (bicyclic) bond motifs is 3. The fraction of sp³-hybridized carbons (Fsp3) is 0.581. The number of carbonyl (C=O) groups is 3. The van der Waals surface area contributed by atoms with E-state index in [0.717, 1.165) is 82.0 Å². The number of amides is 3. The summed E-state index contributed by atoms with van der Waals surface area (Å²) in [6.45, 7) is 5.42. The Balaban J connectivity index is 0.659. The monoisotopic (exact) mass is 859 g/mol. The number of aromatic nitrogens is 5. The number of imide groups is 1. The van der Waals surface area contributed by atoms with Crippen molar-refractivity contribution in [3.8, 4) is 0 Å². The first-order valence-electron chi connectivity index (χ1n) is 21.9. The zero-order valence-corrected chi connectivity index (χ0v) is 34.4. The Hall–Kier alpha value is -5.27. The summed E-state index contributed by atoms with van der Waals surface area (Å²) in [7, 11) is 0. The number of piperidine rings is 2. The van der Waals surface area contributed by atoms with Gasteiger partial charge in [0.05, 0.1) is 49.4 Å². The summed E-state index contributed by atoms with van der Waals surface area (Å²) in [4.78, 5) is 48.4. The molecular formula is C43H52F3N11O5. The first-order chi connectivity index (χ1) is 30.1. The Morgan fingerprint density at radius 2 is 1.81 bits per heavy atom. The van der Waals surface area contributed by atoms with Crippen molar-refractivity contribution in [2.75, 3.05) is 72.9 Å². The first kappa shape index (κ1) is 40.8. The average Bonchev–Trinajstić information content (AvgIpc) is 4.07. The van der Waals surface area contributed by atoms with Gasteiger partial charge in [0.25, 0.3) is 12.3 Å². The molecular weight excluding hydrogens is 808 g/mol. The second kappa shape index (κ2) is 17.1. The number of likely N-dealkylation sites (tertiary alicyclic amines) is 1. The van der Waals surface area contributed by atoms with E-state index in [4.69, 9.17) is 14.5 Å². The van der Waals surface area contributed by atoms with Crippen LogP contribution in [0.15, 0.2) is 48.9 Å². The standard InChI is InChI=1S/C43H52F3N11O5/c44-33-21-53(13-11-36(33)62-23-26-18-54(19-26)28-7-3-27(4-8-28)48-34-9-10-38(58)51-43(34)60)17-25-1-5-29(6-2-25)57-22-35(39(52-57)40(45)46)49-42(59)32-16-47-56-14-12-37(50-41(32)56)55-20-31-15-30(55)24-61-31/h3-4,7-8,12,14,16,22,25-26,29-31,33-34,36,40,48H,1-2,5-6,9-11,13,15,17-21,23-24H2,(H,49,59)(H,51,58,60)/t25?,29?,30-,31-,33+,34?,36+/m1/s1. The summed E-state index contributed by atoms with van der Waals surface area (Å²) < 4.78 is 58.9. The van der Waals surface area contributed by atoms with Gasteiger partial charge in [0.15, 0.2) is 11.3 Å². The van der Waals surface area contributed by atoms with Crippen molar-refractivity contribution in [2.24, 2.45) is 11.8 Å². The minimum Gasteiger partial charge on any atom is -0.375 e. The molecule has 6 aliphatic rings. The van der Waals surface area contributed by atoms with Crippen LogP contribution in [0.1, 0.15) is 79.9 Å². The molecule has 5 atom stereocenters. The van der Waals surface area contributed by atoms with E-state index in [-0.39, 0.29) is 41.3 Å². The third-order valence-corrected chi connectivity index (χ3v) is 13.6. The van der Waals surface area contributed by atoms with Crippen LogP contribution in [0, 0.1) is 11.8 Å². The van der Waals surface area contributed by atoms with Gasteiger partial charge in [0, 0.05) is 75.4 Å². The van der Waals surface area contributed by atoms with E-state index >= 15 is 4.39 Å². The number of ether oxygens (including phenoxy) is 2. The predicted molar refractivity (Wildman–Crippen MR) is 222 cm³/mol. The summed E-state index contributed by atoms with van der Waals surface area (Å²) in [6, 6.07) is 9.47. The van der Waals surface area contributed by atoms with Crippen LogP contribution in [0.4, 0.5) is 36.1 Å². The molecule has 0 radical (unpaired) electrons. The van der Waals surface area contributed by atoms with Crippen LogP contribution in [-0.2, 0) is 19.1 Å². The minimum absolute atomic E-state index is 0.0294. The lowest BCUT2D eigenvalue weighted by atomic mass is 9.85. The van der Waals surface area contributed by atoms with Crippen LogP contribution in [0.5, 0.6) is 0 Å². The third-order valence-electron chi connectivity index (χ3n) is 13.6. The topological polar surface area (TPSA) is 163 Å². The maximum atomic E-state index is 15.4. The van der Waals surface area contributed by atoms with Gasteiger partial charge >= 0.3 is 0 Å². The molecule has 5 saturated heterocycles. The van der Waals surface area contributed by atoms with E-state index in [2.05, 4.69) is 40.8 Å². The number of morpholine rings is 1. The highest BCUT2D eigenvalue weighted by Crippen LogP contribution is 2.37. The fourth-order valence-corrected chi connectivity index (χ4v) is 10.1. The van der Waals surface area contributed by atoms with Crippen LogP contribution in [-0.4, -0.2) is 130 Å². The summed E-state index contributed by atoms with van der Waals surface area (Å²) in [5.74, 6) is 0.287. The minimum atomic E-state index is -2.88. The average molecular weight is 860 g/mol. The van der Waals surface area contributed by atoms with Gasteiger partial charge in [-0.25, -0.2) is 22.7 Å². The van der Waals surface area contributed by atoms with Crippen molar-refractivity contribution >= 4 is 46.2 Å². The summed E-state index contributed by atoms with van der Waals surface area (Å²) in [6.07, 6.45) is 6.04. The maximum absolute atomic E-state index is 15.4. The van der Waals surface area contributed by atoms with Crippen molar-refractivity contribution in [1.82, 2.24) is 34.6 Å². The normalized spacial score (nSPS) is 28.2. The molecule has 3 N–H and O–H groups in total. The van der Waals surface area contributed by atoms with Gasteiger partial charge in [-0.3, -0.25) is 29.3 Å². The second-order valence-electron chi connectivity index (χ2n) is 17.8. The molecule has 8 heterocycles. The van der Waals surface area contributed by atoms with Gasteiger partial charge < -0.3 is 29.9 Å². The largest absolute Gasteiger partial charge is 0.375 e. The van der Waals surface area contributed by atoms with E-state index in [9.17, 15) is 23.2 Å². The summed E-state index contributed by atoms with van der Waals surface area (Å²) in [5, 5.41) is 16.8. The zero-order valence-electron chi connectivity index (χ0n) is 34.4. The molecule has 6 fully saturated rings. The van der Waals surface area contributed by atoms with Gasteiger partial charge in [0.2, 0.25) is 11.8 Å². The molecule has 1 aromatic carbocycles. The molecule has 0 spiro atoms. The highest BCUT2D eigenvalue weighted by molar-refractivity contribution is 6.08. The lowest BCUT2D eigenvalue weighted by molar-refractivity contribution is -0.133. The third kappa shape index (κ3) is 8.45. The van der Waals surface area contributed by atoms with Crippen LogP contribution < -0.4 is 25.8 Å². The van der Waals surface area contributed by atoms with Crippen molar-refractivity contribution < 1.29 is 37.0 Å². The quantitative estimate of drug-likeness (QED) is 0.161. The molecule has 19 heteroatoms. The van der Waals surface area contributed by atoms with Crippen molar-refractivity contribution in [3.05, 3.63) is 60.2 Å². The summed E-state index contributed by atoms with van der Waals surface area (Å²) >= 11 is 0. The predicted octanol–water partition coefficient (Wildman–Crippen LogP) is 4.61. The van der Waals surface area contributed by atoms with Gasteiger partial charge in [0.1, 0.15) is 23.6 Å². The van der Waals surface area contributed by atoms with Gasteiger partial charge in [-0.1, -0.05) is 0 Å². The Morgan fingerprint density at radius 1 is 0.984 bits per heavy atom.